The number of carbonyl (C=O) groups excluding carboxylic acids is 1. The van der Waals surface area contributed by atoms with Gasteiger partial charge >= 0.3 is 0 Å². The van der Waals surface area contributed by atoms with Gasteiger partial charge < -0.3 is 10.2 Å². The lowest BCUT2D eigenvalue weighted by Gasteiger charge is -2.21. The van der Waals surface area contributed by atoms with Crippen LogP contribution in [-0.2, 0) is 11.3 Å². The quantitative estimate of drug-likeness (QED) is 0.893. The number of carbonyl (C=O) groups is 1. The highest BCUT2D eigenvalue weighted by Crippen LogP contribution is 2.21. The Morgan fingerprint density at radius 3 is 3.00 bits per heavy atom. The first kappa shape index (κ1) is 12.9. The number of rotatable bonds is 5. The van der Waals surface area contributed by atoms with Gasteiger partial charge in [-0.2, -0.15) is 0 Å². The maximum Gasteiger partial charge on any atom is 0.222 e. The zero-order valence-corrected chi connectivity index (χ0v) is 11.5. The largest absolute Gasteiger partial charge is 0.341 e. The number of nitrogens with zero attached hydrogens (tertiary/aromatic N) is 1. The Balaban J connectivity index is 1.73. The average molecular weight is 273 g/mol. The number of hydrogen-bond donors (Lipinski definition) is 1. The van der Waals surface area contributed by atoms with Crippen LogP contribution in [0.1, 0.15) is 24.6 Å². The zero-order chi connectivity index (χ0) is 12.3. The Labute approximate surface area is 111 Å². The Kier molecular flexibility index (Phi) is 4.42. The van der Waals surface area contributed by atoms with E-state index in [1.165, 1.54) is 4.88 Å². The molecule has 1 aliphatic rings. The number of likely N-dealkylation sites (tertiary alicyclic amines) is 1. The molecule has 3 nitrogen and oxygen atoms in total. The number of thiophene rings is 1. The molecular formula is C12H17ClN2OS. The molecule has 0 aromatic carbocycles. The van der Waals surface area contributed by atoms with Crippen LogP contribution in [0.4, 0.5) is 0 Å². The van der Waals surface area contributed by atoms with E-state index in [4.69, 9.17) is 11.6 Å². The standard InChI is InChI=1S/C12H17ClN2OS/c1-9(8-15-6-2-3-12(15)16)14-7-10-4-5-11(13)17-10/h4-5,9,14H,2-3,6-8H2,1H3. The van der Waals surface area contributed by atoms with Gasteiger partial charge in [0, 0.05) is 37.0 Å². The third-order valence-electron chi connectivity index (χ3n) is 2.92. The van der Waals surface area contributed by atoms with Crippen LogP contribution in [0.25, 0.3) is 0 Å². The van der Waals surface area contributed by atoms with E-state index < -0.39 is 0 Å². The summed E-state index contributed by atoms with van der Waals surface area (Å²) in [7, 11) is 0. The van der Waals surface area contributed by atoms with Crippen molar-refractivity contribution in [2.75, 3.05) is 13.1 Å². The van der Waals surface area contributed by atoms with Gasteiger partial charge in [-0.05, 0) is 25.5 Å². The van der Waals surface area contributed by atoms with Crippen LogP contribution in [0.5, 0.6) is 0 Å². The van der Waals surface area contributed by atoms with Crippen LogP contribution in [0.15, 0.2) is 12.1 Å². The van der Waals surface area contributed by atoms with Crippen molar-refractivity contribution in [3.05, 3.63) is 21.3 Å². The summed E-state index contributed by atoms with van der Waals surface area (Å²) in [6.07, 6.45) is 1.72. The minimum atomic E-state index is 0.290. The van der Waals surface area contributed by atoms with Crippen LogP contribution in [0.2, 0.25) is 4.34 Å². The molecule has 0 bridgehead atoms. The van der Waals surface area contributed by atoms with Crippen molar-refractivity contribution in [2.45, 2.75) is 32.4 Å². The van der Waals surface area contributed by atoms with Gasteiger partial charge in [0.1, 0.15) is 0 Å². The second-order valence-corrected chi connectivity index (χ2v) is 6.23. The molecule has 1 fully saturated rings. The van der Waals surface area contributed by atoms with Crippen molar-refractivity contribution in [1.82, 2.24) is 10.2 Å². The summed E-state index contributed by atoms with van der Waals surface area (Å²) < 4.78 is 0.823. The molecule has 2 rings (SSSR count). The third-order valence-corrected chi connectivity index (χ3v) is 4.15. The first-order chi connectivity index (χ1) is 8.15. The monoisotopic (exact) mass is 272 g/mol. The third kappa shape index (κ3) is 3.69. The molecule has 2 heterocycles. The lowest BCUT2D eigenvalue weighted by molar-refractivity contribution is -0.127. The van der Waals surface area contributed by atoms with Gasteiger partial charge in [0.05, 0.1) is 4.34 Å². The molecule has 0 radical (unpaired) electrons. The Hall–Kier alpha value is -0.580. The smallest absolute Gasteiger partial charge is 0.222 e. The molecule has 1 saturated heterocycles. The van der Waals surface area contributed by atoms with Crippen molar-refractivity contribution in [3.8, 4) is 0 Å². The molecule has 1 N–H and O–H groups in total. The van der Waals surface area contributed by atoms with E-state index in [9.17, 15) is 4.79 Å². The molecule has 0 aliphatic carbocycles. The Bertz CT molecular complexity index is 394. The SMILES string of the molecule is CC(CN1CCCC1=O)NCc1ccc(Cl)s1. The topological polar surface area (TPSA) is 32.3 Å². The highest BCUT2D eigenvalue weighted by molar-refractivity contribution is 7.16. The molecule has 1 aromatic rings. The van der Waals surface area contributed by atoms with E-state index >= 15 is 0 Å². The van der Waals surface area contributed by atoms with Crippen molar-refractivity contribution >= 4 is 28.8 Å². The second kappa shape index (κ2) is 5.85. The molecule has 0 saturated carbocycles. The van der Waals surface area contributed by atoms with Crippen LogP contribution in [0, 0.1) is 0 Å². The molecular weight excluding hydrogens is 256 g/mol. The van der Waals surface area contributed by atoms with E-state index in [1.807, 2.05) is 17.0 Å². The number of hydrogen-bond acceptors (Lipinski definition) is 3. The summed E-state index contributed by atoms with van der Waals surface area (Å²) in [5.74, 6) is 0.290. The van der Waals surface area contributed by atoms with Crippen molar-refractivity contribution in [2.24, 2.45) is 0 Å². The summed E-state index contributed by atoms with van der Waals surface area (Å²) in [4.78, 5) is 14.6. The van der Waals surface area contributed by atoms with Crippen LogP contribution < -0.4 is 5.32 Å². The fourth-order valence-corrected chi connectivity index (χ4v) is 3.05. The van der Waals surface area contributed by atoms with E-state index in [0.29, 0.717) is 12.5 Å². The molecule has 1 unspecified atom stereocenters. The first-order valence-electron chi connectivity index (χ1n) is 5.90. The summed E-state index contributed by atoms with van der Waals surface area (Å²) in [6.45, 7) is 4.65. The maximum atomic E-state index is 11.5. The summed E-state index contributed by atoms with van der Waals surface area (Å²) in [5.41, 5.74) is 0. The van der Waals surface area contributed by atoms with Crippen LogP contribution >= 0.6 is 22.9 Å². The van der Waals surface area contributed by atoms with Gasteiger partial charge in [-0.15, -0.1) is 11.3 Å². The summed E-state index contributed by atoms with van der Waals surface area (Å²) in [6, 6.07) is 4.27. The lowest BCUT2D eigenvalue weighted by Crippen LogP contribution is -2.39. The van der Waals surface area contributed by atoms with Crippen molar-refractivity contribution in [3.63, 3.8) is 0 Å². The van der Waals surface area contributed by atoms with Crippen molar-refractivity contribution in [1.29, 1.82) is 0 Å². The van der Waals surface area contributed by atoms with Crippen molar-refractivity contribution < 1.29 is 4.79 Å². The van der Waals surface area contributed by atoms with E-state index in [0.717, 1.165) is 30.4 Å². The molecule has 1 amide bonds. The minimum Gasteiger partial charge on any atom is -0.341 e. The Morgan fingerprint density at radius 2 is 2.41 bits per heavy atom. The molecule has 0 spiro atoms. The average Bonchev–Trinajstić information content (AvgIpc) is 2.86. The highest BCUT2D eigenvalue weighted by atomic mass is 35.5. The molecule has 94 valence electrons. The second-order valence-electron chi connectivity index (χ2n) is 4.43. The number of halogens is 1. The fourth-order valence-electron chi connectivity index (χ4n) is 2.01. The predicted molar refractivity (Wildman–Crippen MR) is 71.4 cm³/mol. The van der Waals surface area contributed by atoms with E-state index in [-0.39, 0.29) is 5.91 Å². The minimum absolute atomic E-state index is 0.290. The molecule has 5 heteroatoms. The normalized spacial score (nSPS) is 17.8. The van der Waals surface area contributed by atoms with E-state index in [1.54, 1.807) is 11.3 Å². The van der Waals surface area contributed by atoms with Crippen LogP contribution in [-0.4, -0.2) is 29.9 Å². The van der Waals surface area contributed by atoms with Crippen LogP contribution in [0.3, 0.4) is 0 Å². The van der Waals surface area contributed by atoms with E-state index in [2.05, 4.69) is 12.2 Å². The van der Waals surface area contributed by atoms with Gasteiger partial charge in [-0.25, -0.2) is 0 Å². The van der Waals surface area contributed by atoms with Gasteiger partial charge in [0.2, 0.25) is 5.91 Å². The van der Waals surface area contributed by atoms with Gasteiger partial charge in [-0.1, -0.05) is 11.6 Å². The Morgan fingerprint density at radius 1 is 1.59 bits per heavy atom. The zero-order valence-electron chi connectivity index (χ0n) is 9.91. The molecule has 17 heavy (non-hydrogen) atoms. The predicted octanol–water partition coefficient (Wildman–Crippen LogP) is 2.50. The van der Waals surface area contributed by atoms with Gasteiger partial charge in [-0.3, -0.25) is 4.79 Å². The van der Waals surface area contributed by atoms with Gasteiger partial charge in [0.25, 0.3) is 0 Å². The number of nitrogens with one attached hydrogen (secondary N) is 1. The molecule has 1 atom stereocenters. The fraction of sp³-hybridized carbons (Fsp3) is 0.583. The maximum absolute atomic E-state index is 11.5. The summed E-state index contributed by atoms with van der Waals surface area (Å²) in [5, 5.41) is 3.42. The highest BCUT2D eigenvalue weighted by Gasteiger charge is 2.21. The number of amides is 1. The lowest BCUT2D eigenvalue weighted by atomic mass is 10.3. The molecule has 1 aliphatic heterocycles. The van der Waals surface area contributed by atoms with Gasteiger partial charge in [0.15, 0.2) is 0 Å². The first-order valence-corrected chi connectivity index (χ1v) is 7.10. The molecule has 1 aromatic heterocycles. The summed E-state index contributed by atoms with van der Waals surface area (Å²) >= 11 is 7.47.